The van der Waals surface area contributed by atoms with Crippen LogP contribution in [0.5, 0.6) is 0 Å². The van der Waals surface area contributed by atoms with Crippen LogP contribution in [-0.2, 0) is 0 Å². The van der Waals surface area contributed by atoms with Crippen molar-refractivity contribution >= 4 is 17.1 Å². The van der Waals surface area contributed by atoms with E-state index in [1.165, 1.54) is 24.2 Å². The Hall–Kier alpha value is -1.65. The Bertz CT molecular complexity index is 491. The highest BCUT2D eigenvalue weighted by atomic mass is 32.1. The van der Waals surface area contributed by atoms with Gasteiger partial charge < -0.3 is 0 Å². The molecule has 0 radical (unpaired) electrons. The lowest BCUT2D eigenvalue weighted by molar-refractivity contribution is 0.0983. The summed E-state index contributed by atoms with van der Waals surface area (Å²) in [7, 11) is 0. The second-order valence-electron chi connectivity index (χ2n) is 4.16. The number of unbranched alkanes of at least 4 members (excludes halogenated alkanes) is 4. The summed E-state index contributed by atoms with van der Waals surface area (Å²) in [6, 6.07) is 3.90. The molecule has 0 bridgehead atoms. The van der Waals surface area contributed by atoms with E-state index in [0.717, 1.165) is 19.3 Å². The number of thiophene rings is 1. The van der Waals surface area contributed by atoms with Gasteiger partial charge in [-0.05, 0) is 6.42 Å². The summed E-state index contributed by atoms with van der Waals surface area (Å²) in [5, 5.41) is 19.4. The highest BCUT2D eigenvalue weighted by Gasteiger charge is 2.17. The fourth-order valence-corrected chi connectivity index (χ4v) is 2.67. The second kappa shape index (κ2) is 7.63. The number of hydrogen-bond acceptors (Lipinski definition) is 4. The molecule has 1 aromatic rings. The molecule has 0 fully saturated rings. The molecule has 1 rings (SSSR count). The number of Topliss-reactive ketones (excluding diaryl/α,β-unsaturated/α-hetero) is 1. The first-order valence-electron chi connectivity index (χ1n) is 6.19. The number of hydrogen-bond donors (Lipinski definition) is 0. The number of rotatable bonds is 7. The molecule has 1 aromatic heterocycles. The van der Waals surface area contributed by atoms with E-state index in [2.05, 4.69) is 6.92 Å². The van der Waals surface area contributed by atoms with Gasteiger partial charge in [0.05, 0.1) is 16.0 Å². The molecule has 0 unspecified atom stereocenters. The largest absolute Gasteiger partial charge is 0.293 e. The first kappa shape index (κ1) is 14.4. The maximum Gasteiger partial charge on any atom is 0.174 e. The molecule has 0 amide bonds. The number of nitrogens with zero attached hydrogens (tertiary/aromatic N) is 2. The second-order valence-corrected chi connectivity index (χ2v) is 5.04. The number of nitriles is 2. The van der Waals surface area contributed by atoms with Crippen molar-refractivity contribution in [3.8, 4) is 12.1 Å². The minimum absolute atomic E-state index is 0.00505. The Morgan fingerprint density at radius 2 is 1.94 bits per heavy atom. The zero-order valence-corrected chi connectivity index (χ0v) is 11.3. The first-order valence-corrected chi connectivity index (χ1v) is 7.07. The molecular formula is C14H16N2OS. The Balaban J connectivity index is 2.55. The van der Waals surface area contributed by atoms with Crippen LogP contribution in [0.15, 0.2) is 5.38 Å². The molecule has 3 nitrogen and oxygen atoms in total. The third-order valence-electron chi connectivity index (χ3n) is 2.78. The van der Waals surface area contributed by atoms with Gasteiger partial charge in [-0.15, -0.1) is 11.3 Å². The van der Waals surface area contributed by atoms with Gasteiger partial charge in [0.1, 0.15) is 12.1 Å². The number of carbonyl (C=O) groups is 1. The topological polar surface area (TPSA) is 64.7 Å². The lowest BCUT2D eigenvalue weighted by Crippen LogP contribution is -1.99. The van der Waals surface area contributed by atoms with Gasteiger partial charge in [-0.3, -0.25) is 4.79 Å². The minimum atomic E-state index is -0.00505. The zero-order valence-electron chi connectivity index (χ0n) is 10.5. The van der Waals surface area contributed by atoms with Crippen LogP contribution < -0.4 is 0 Å². The van der Waals surface area contributed by atoms with Crippen molar-refractivity contribution in [1.82, 2.24) is 0 Å². The molecule has 0 aromatic carbocycles. The Morgan fingerprint density at radius 3 is 2.56 bits per heavy atom. The molecule has 4 heteroatoms. The molecule has 0 N–H and O–H groups in total. The van der Waals surface area contributed by atoms with Crippen molar-refractivity contribution in [2.75, 3.05) is 0 Å². The molecule has 0 saturated heterocycles. The average molecular weight is 260 g/mol. The van der Waals surface area contributed by atoms with E-state index in [9.17, 15) is 4.79 Å². The van der Waals surface area contributed by atoms with E-state index in [4.69, 9.17) is 10.5 Å². The quantitative estimate of drug-likeness (QED) is 0.549. The fraction of sp³-hybridized carbons (Fsp3) is 0.500. The van der Waals surface area contributed by atoms with Gasteiger partial charge in [-0.1, -0.05) is 32.6 Å². The van der Waals surface area contributed by atoms with Crippen LogP contribution in [0.25, 0.3) is 0 Å². The van der Waals surface area contributed by atoms with Crippen molar-refractivity contribution in [3.05, 3.63) is 21.4 Å². The molecule has 0 atom stereocenters. The first-order chi connectivity index (χ1) is 8.74. The SMILES string of the molecule is CCCCCCCC(=O)c1scc(C#N)c1C#N. The van der Waals surface area contributed by atoms with Crippen LogP contribution in [0.1, 0.15) is 66.2 Å². The van der Waals surface area contributed by atoms with Crippen molar-refractivity contribution in [3.63, 3.8) is 0 Å². The van der Waals surface area contributed by atoms with Gasteiger partial charge in [0.25, 0.3) is 0 Å². The van der Waals surface area contributed by atoms with E-state index >= 15 is 0 Å². The van der Waals surface area contributed by atoms with E-state index in [1.807, 2.05) is 12.1 Å². The molecule has 0 aliphatic carbocycles. The maximum atomic E-state index is 11.9. The van der Waals surface area contributed by atoms with Crippen molar-refractivity contribution < 1.29 is 4.79 Å². The molecular weight excluding hydrogens is 244 g/mol. The summed E-state index contributed by atoms with van der Waals surface area (Å²) in [6.45, 7) is 2.15. The number of carbonyl (C=O) groups excluding carboxylic acids is 1. The van der Waals surface area contributed by atoms with Crippen LogP contribution in [0, 0.1) is 22.7 Å². The monoisotopic (exact) mass is 260 g/mol. The van der Waals surface area contributed by atoms with Crippen molar-refractivity contribution in [1.29, 1.82) is 10.5 Å². The van der Waals surface area contributed by atoms with Crippen LogP contribution in [0.2, 0.25) is 0 Å². The summed E-state index contributed by atoms with van der Waals surface area (Å²) < 4.78 is 0. The normalized spacial score (nSPS) is 9.72. The van der Waals surface area contributed by atoms with Gasteiger partial charge in [-0.2, -0.15) is 10.5 Å². The van der Waals surface area contributed by atoms with Crippen LogP contribution in [-0.4, -0.2) is 5.78 Å². The predicted molar refractivity (Wildman–Crippen MR) is 71.5 cm³/mol. The summed E-state index contributed by atoms with van der Waals surface area (Å²) in [4.78, 5) is 12.4. The highest BCUT2D eigenvalue weighted by molar-refractivity contribution is 7.12. The van der Waals surface area contributed by atoms with E-state index in [1.54, 1.807) is 5.38 Å². The van der Waals surface area contributed by atoms with E-state index < -0.39 is 0 Å². The molecule has 0 saturated carbocycles. The lowest BCUT2D eigenvalue weighted by atomic mass is 10.1. The van der Waals surface area contributed by atoms with Gasteiger partial charge in [0.15, 0.2) is 5.78 Å². The summed E-state index contributed by atoms with van der Waals surface area (Å²) in [5.41, 5.74) is 0.567. The summed E-state index contributed by atoms with van der Waals surface area (Å²) >= 11 is 1.21. The highest BCUT2D eigenvalue weighted by Crippen LogP contribution is 2.23. The lowest BCUT2D eigenvalue weighted by Gasteiger charge is -1.99. The third-order valence-corrected chi connectivity index (χ3v) is 3.80. The van der Waals surface area contributed by atoms with E-state index in [-0.39, 0.29) is 11.3 Å². The van der Waals surface area contributed by atoms with Crippen molar-refractivity contribution in [2.45, 2.75) is 45.4 Å². The molecule has 94 valence electrons. The third kappa shape index (κ3) is 3.68. The Kier molecular flexibility index (Phi) is 6.11. The van der Waals surface area contributed by atoms with Crippen LogP contribution in [0.3, 0.4) is 0 Å². The van der Waals surface area contributed by atoms with Crippen LogP contribution in [0.4, 0.5) is 0 Å². The average Bonchev–Trinajstić information content (AvgIpc) is 2.81. The standard InChI is InChI=1S/C14H16N2OS/c1-2-3-4-5-6-7-13(17)14-12(9-16)11(8-15)10-18-14/h10H,2-7H2,1H3. The fourth-order valence-electron chi connectivity index (χ4n) is 1.76. The van der Waals surface area contributed by atoms with Crippen LogP contribution >= 0.6 is 11.3 Å². The van der Waals surface area contributed by atoms with E-state index in [0.29, 0.717) is 16.9 Å². The molecule has 0 aliphatic rings. The minimum Gasteiger partial charge on any atom is -0.293 e. The van der Waals surface area contributed by atoms with Gasteiger partial charge in [0, 0.05) is 11.8 Å². The molecule has 0 aliphatic heterocycles. The summed E-state index contributed by atoms with van der Waals surface area (Å²) in [5.74, 6) is -0.00505. The molecule has 1 heterocycles. The maximum absolute atomic E-state index is 11.9. The smallest absolute Gasteiger partial charge is 0.174 e. The Labute approximate surface area is 112 Å². The molecule has 18 heavy (non-hydrogen) atoms. The van der Waals surface area contributed by atoms with Gasteiger partial charge >= 0.3 is 0 Å². The zero-order chi connectivity index (χ0) is 13.4. The molecule has 0 spiro atoms. The number of ketones is 1. The summed E-state index contributed by atoms with van der Waals surface area (Å²) in [6.07, 6.45) is 5.94. The van der Waals surface area contributed by atoms with Gasteiger partial charge in [-0.25, -0.2) is 0 Å². The predicted octanol–water partition coefficient (Wildman–Crippen LogP) is 4.03. The Morgan fingerprint density at radius 1 is 1.22 bits per heavy atom. The van der Waals surface area contributed by atoms with Gasteiger partial charge in [0.2, 0.25) is 0 Å². The van der Waals surface area contributed by atoms with Crippen molar-refractivity contribution in [2.24, 2.45) is 0 Å².